The van der Waals surface area contributed by atoms with Crippen molar-refractivity contribution in [3.63, 3.8) is 0 Å². The van der Waals surface area contributed by atoms with Crippen molar-refractivity contribution in [1.82, 2.24) is 5.32 Å². The highest BCUT2D eigenvalue weighted by molar-refractivity contribution is 7.15. The van der Waals surface area contributed by atoms with Gasteiger partial charge in [0.25, 0.3) is 5.91 Å². The van der Waals surface area contributed by atoms with Crippen LogP contribution in [0.1, 0.15) is 51.2 Å². The highest BCUT2D eigenvalue weighted by atomic mass is 32.1. The summed E-state index contributed by atoms with van der Waals surface area (Å²) in [6.45, 7) is 5.34. The Labute approximate surface area is 162 Å². The molecule has 0 saturated heterocycles. The molecule has 6 nitrogen and oxygen atoms in total. The lowest BCUT2D eigenvalue weighted by Crippen LogP contribution is -2.31. The zero-order valence-electron chi connectivity index (χ0n) is 15.6. The van der Waals surface area contributed by atoms with E-state index in [-0.39, 0.29) is 17.9 Å². The van der Waals surface area contributed by atoms with Gasteiger partial charge in [-0.15, -0.1) is 11.3 Å². The van der Waals surface area contributed by atoms with Crippen LogP contribution < -0.4 is 14.8 Å². The number of hydrogen-bond acceptors (Lipinski definition) is 6. The number of hydrogen-bond donors (Lipinski definition) is 1. The zero-order valence-corrected chi connectivity index (χ0v) is 16.4. The second-order valence-corrected chi connectivity index (χ2v) is 7.69. The molecule has 1 amide bonds. The Morgan fingerprint density at radius 3 is 2.48 bits per heavy atom. The third-order valence-corrected chi connectivity index (χ3v) is 5.36. The number of benzene rings is 1. The predicted octanol–water partition coefficient (Wildman–Crippen LogP) is 3.82. The van der Waals surface area contributed by atoms with Crippen LogP contribution in [0.3, 0.4) is 0 Å². The van der Waals surface area contributed by atoms with Crippen molar-refractivity contribution in [1.29, 1.82) is 0 Å². The number of ether oxygens (including phenoxy) is 3. The van der Waals surface area contributed by atoms with Crippen molar-refractivity contribution in [3.05, 3.63) is 45.6 Å². The normalized spacial score (nSPS) is 14.4. The van der Waals surface area contributed by atoms with Crippen molar-refractivity contribution in [2.45, 2.75) is 26.3 Å². The Balaban J connectivity index is 1.80. The average molecular weight is 389 g/mol. The summed E-state index contributed by atoms with van der Waals surface area (Å²) in [5.41, 5.74) is 0.951. The van der Waals surface area contributed by atoms with Crippen LogP contribution in [0.5, 0.6) is 11.5 Å². The second kappa shape index (κ2) is 8.43. The number of carbonyl (C=O) groups excluding carboxylic acids is 2. The topological polar surface area (TPSA) is 73.9 Å². The highest BCUT2D eigenvalue weighted by Crippen LogP contribution is 2.34. The van der Waals surface area contributed by atoms with Gasteiger partial charge in [-0.1, -0.05) is 19.9 Å². The number of methoxy groups -OCH3 is 1. The number of thiophene rings is 1. The molecule has 7 heteroatoms. The van der Waals surface area contributed by atoms with Gasteiger partial charge in [-0.3, -0.25) is 4.79 Å². The molecule has 27 heavy (non-hydrogen) atoms. The van der Waals surface area contributed by atoms with Crippen LogP contribution in [-0.2, 0) is 4.74 Å². The van der Waals surface area contributed by atoms with Gasteiger partial charge in [0.05, 0.1) is 31.2 Å². The summed E-state index contributed by atoms with van der Waals surface area (Å²) in [4.78, 5) is 25.2. The maximum absolute atomic E-state index is 12.7. The third kappa shape index (κ3) is 4.42. The minimum Gasteiger partial charge on any atom is -0.490 e. The van der Waals surface area contributed by atoms with Gasteiger partial charge in [0.1, 0.15) is 4.88 Å². The van der Waals surface area contributed by atoms with Crippen LogP contribution in [0.4, 0.5) is 0 Å². The van der Waals surface area contributed by atoms with Crippen LogP contribution in [0.15, 0.2) is 30.3 Å². The summed E-state index contributed by atoms with van der Waals surface area (Å²) in [5, 5.41) is 3.06. The van der Waals surface area contributed by atoms with Crippen molar-refractivity contribution in [2.75, 3.05) is 20.3 Å². The third-order valence-electron chi connectivity index (χ3n) is 4.30. The van der Waals surface area contributed by atoms with Crippen molar-refractivity contribution >= 4 is 23.2 Å². The lowest BCUT2D eigenvalue weighted by atomic mass is 9.95. The van der Waals surface area contributed by atoms with E-state index in [4.69, 9.17) is 14.2 Å². The molecule has 0 saturated carbocycles. The van der Waals surface area contributed by atoms with Gasteiger partial charge in [0.2, 0.25) is 0 Å². The first-order valence-electron chi connectivity index (χ1n) is 8.88. The van der Waals surface area contributed by atoms with Crippen LogP contribution in [-0.4, -0.2) is 32.2 Å². The number of rotatable bonds is 5. The Bertz CT molecular complexity index is 830. The minimum absolute atomic E-state index is 0.165. The summed E-state index contributed by atoms with van der Waals surface area (Å²) in [6.07, 6.45) is 0.843. The molecule has 2 aromatic rings. The van der Waals surface area contributed by atoms with E-state index in [1.165, 1.54) is 7.11 Å². The molecular formula is C20H23NO5S. The number of nitrogens with one attached hydrogen (secondary N) is 1. The largest absolute Gasteiger partial charge is 0.490 e. The molecule has 1 aromatic heterocycles. The van der Waals surface area contributed by atoms with Gasteiger partial charge in [-0.2, -0.15) is 0 Å². The molecule has 1 aliphatic heterocycles. The maximum atomic E-state index is 12.7. The molecule has 0 bridgehead atoms. The summed E-state index contributed by atoms with van der Waals surface area (Å²) < 4.78 is 16.1. The smallest absolute Gasteiger partial charge is 0.348 e. The van der Waals surface area contributed by atoms with E-state index in [1.807, 2.05) is 32.0 Å². The lowest BCUT2D eigenvalue weighted by molar-refractivity contribution is 0.0606. The minimum atomic E-state index is -0.442. The second-order valence-electron chi connectivity index (χ2n) is 6.61. The number of esters is 1. The standard InChI is InChI=1S/C20H23NO5S/c1-12(2)18(13-5-6-14-15(11-13)26-10-4-9-25-14)21-19(22)16-7-8-17(27-16)20(23)24-3/h5-8,11-12,18H,4,9-10H2,1-3H3,(H,21,22). The van der Waals surface area contributed by atoms with Gasteiger partial charge >= 0.3 is 5.97 Å². The fraction of sp³-hybridized carbons (Fsp3) is 0.400. The van der Waals surface area contributed by atoms with Gasteiger partial charge in [-0.05, 0) is 35.7 Å². The van der Waals surface area contributed by atoms with E-state index in [9.17, 15) is 9.59 Å². The SMILES string of the molecule is COC(=O)c1ccc(C(=O)NC(c2ccc3c(c2)OCCCO3)C(C)C)s1. The quantitative estimate of drug-likeness (QED) is 0.787. The summed E-state index contributed by atoms with van der Waals surface area (Å²) >= 11 is 1.12. The Hall–Kier alpha value is -2.54. The number of fused-ring (bicyclic) bond motifs is 1. The first kappa shape index (κ1) is 19.2. The molecule has 1 unspecified atom stereocenters. The maximum Gasteiger partial charge on any atom is 0.348 e. The molecule has 0 radical (unpaired) electrons. The Morgan fingerprint density at radius 1 is 1.07 bits per heavy atom. The molecule has 0 spiro atoms. The monoisotopic (exact) mass is 389 g/mol. The van der Waals surface area contributed by atoms with Gasteiger partial charge in [-0.25, -0.2) is 4.79 Å². The van der Waals surface area contributed by atoms with Crippen molar-refractivity contribution < 1.29 is 23.8 Å². The van der Waals surface area contributed by atoms with E-state index >= 15 is 0 Å². The number of carbonyl (C=O) groups is 2. The molecule has 1 aliphatic rings. The van der Waals surface area contributed by atoms with Gasteiger partial charge < -0.3 is 19.5 Å². The first-order valence-corrected chi connectivity index (χ1v) is 9.70. The van der Waals surface area contributed by atoms with Crippen LogP contribution in [0.25, 0.3) is 0 Å². The Kier molecular flexibility index (Phi) is 6.01. The molecular weight excluding hydrogens is 366 g/mol. The fourth-order valence-electron chi connectivity index (χ4n) is 2.89. The number of amides is 1. The first-order chi connectivity index (χ1) is 13.0. The van der Waals surface area contributed by atoms with Crippen LogP contribution >= 0.6 is 11.3 Å². The molecule has 1 atom stereocenters. The predicted molar refractivity (Wildman–Crippen MR) is 103 cm³/mol. The molecule has 3 rings (SSSR count). The molecule has 0 fully saturated rings. The van der Waals surface area contributed by atoms with E-state index in [0.29, 0.717) is 28.7 Å². The van der Waals surface area contributed by atoms with Crippen molar-refractivity contribution in [3.8, 4) is 11.5 Å². The van der Waals surface area contributed by atoms with Gasteiger partial charge in [0, 0.05) is 6.42 Å². The molecule has 2 heterocycles. The van der Waals surface area contributed by atoms with Crippen LogP contribution in [0.2, 0.25) is 0 Å². The van der Waals surface area contributed by atoms with E-state index in [0.717, 1.165) is 29.1 Å². The molecule has 0 aliphatic carbocycles. The average Bonchev–Trinajstić information content (AvgIpc) is 3.04. The summed E-state index contributed by atoms with van der Waals surface area (Å²) in [6, 6.07) is 8.81. The van der Waals surface area contributed by atoms with Crippen molar-refractivity contribution in [2.24, 2.45) is 5.92 Å². The Morgan fingerprint density at radius 2 is 1.78 bits per heavy atom. The molecule has 1 aromatic carbocycles. The molecule has 1 N–H and O–H groups in total. The van der Waals surface area contributed by atoms with E-state index in [2.05, 4.69) is 5.32 Å². The van der Waals surface area contributed by atoms with Crippen LogP contribution in [0, 0.1) is 5.92 Å². The summed E-state index contributed by atoms with van der Waals surface area (Å²) in [7, 11) is 1.32. The van der Waals surface area contributed by atoms with Gasteiger partial charge in [0.15, 0.2) is 11.5 Å². The molecule has 144 valence electrons. The lowest BCUT2D eigenvalue weighted by Gasteiger charge is -2.23. The zero-order chi connectivity index (χ0) is 19.4. The van der Waals surface area contributed by atoms with E-state index in [1.54, 1.807) is 12.1 Å². The fourth-order valence-corrected chi connectivity index (χ4v) is 3.72. The summed E-state index contributed by atoms with van der Waals surface area (Å²) in [5.74, 6) is 0.933. The highest BCUT2D eigenvalue weighted by Gasteiger charge is 2.23. The van der Waals surface area contributed by atoms with E-state index < -0.39 is 5.97 Å².